The zero-order chi connectivity index (χ0) is 22.9. The van der Waals surface area contributed by atoms with E-state index in [1.54, 1.807) is 0 Å². The monoisotopic (exact) mass is 446 g/mol. The molecule has 0 fully saturated rings. The first-order valence-corrected chi connectivity index (χ1v) is 11.3. The summed E-state index contributed by atoms with van der Waals surface area (Å²) in [6.07, 6.45) is 2.76. The van der Waals surface area contributed by atoms with Crippen LogP contribution in [0.2, 0.25) is 0 Å². The van der Waals surface area contributed by atoms with Gasteiger partial charge in [0.05, 0.1) is 6.61 Å². The number of rotatable bonds is 1. The molecule has 3 N–H and O–H groups in total. The number of nitrogens with one attached hydrogen (secondary N) is 3. The summed E-state index contributed by atoms with van der Waals surface area (Å²) >= 11 is 0. The maximum absolute atomic E-state index is 12.3. The molecule has 1 aromatic heterocycles. The molecule has 2 heterocycles. The van der Waals surface area contributed by atoms with Crippen molar-refractivity contribution in [1.82, 2.24) is 20.2 Å². The van der Waals surface area contributed by atoms with Gasteiger partial charge in [-0.25, -0.2) is 9.97 Å². The SMILES string of the molecule is CCN1CCC(=O)NCCCOc2cccc(c2)Nc2cc(ncn2)Nc2cccc(c2)C1. The van der Waals surface area contributed by atoms with Gasteiger partial charge in [0.25, 0.3) is 0 Å². The number of benzene rings is 2. The summed E-state index contributed by atoms with van der Waals surface area (Å²) in [5.41, 5.74) is 3.00. The zero-order valence-electron chi connectivity index (χ0n) is 18.9. The molecule has 8 nitrogen and oxygen atoms in total. The molecule has 3 aromatic rings. The van der Waals surface area contributed by atoms with E-state index in [0.29, 0.717) is 37.8 Å². The number of ether oxygens (including phenoxy) is 1. The van der Waals surface area contributed by atoms with E-state index < -0.39 is 0 Å². The van der Waals surface area contributed by atoms with Crippen LogP contribution in [0.15, 0.2) is 60.9 Å². The first-order valence-electron chi connectivity index (χ1n) is 11.3. The lowest BCUT2D eigenvalue weighted by Gasteiger charge is -2.20. The molecule has 0 saturated carbocycles. The molecule has 172 valence electrons. The van der Waals surface area contributed by atoms with Crippen molar-refractivity contribution in [3.05, 3.63) is 66.5 Å². The standard InChI is InChI=1S/C25H30N6O2/c1-2-31-12-10-25(32)26-11-5-13-33-22-9-4-8-21(15-22)30-24-16-23(27-18-28-24)29-20-7-3-6-19(14-20)17-31/h3-4,6-9,14-16,18H,2,5,10-13,17H2,1H3,(H,26,32)(H2,27,28,29,30). The van der Waals surface area contributed by atoms with Crippen molar-refractivity contribution in [2.75, 3.05) is 36.9 Å². The largest absolute Gasteiger partial charge is 0.493 e. The van der Waals surface area contributed by atoms with E-state index in [1.807, 2.05) is 42.5 Å². The Morgan fingerprint density at radius 1 is 1.00 bits per heavy atom. The first kappa shape index (κ1) is 22.5. The predicted molar refractivity (Wildman–Crippen MR) is 130 cm³/mol. The minimum absolute atomic E-state index is 0.0683. The molecule has 0 unspecified atom stereocenters. The highest BCUT2D eigenvalue weighted by atomic mass is 16.5. The molecule has 8 heteroatoms. The van der Waals surface area contributed by atoms with E-state index in [0.717, 1.165) is 36.6 Å². The van der Waals surface area contributed by atoms with Gasteiger partial charge in [-0.3, -0.25) is 9.69 Å². The summed E-state index contributed by atoms with van der Waals surface area (Å²) in [6.45, 7) is 5.60. The summed E-state index contributed by atoms with van der Waals surface area (Å²) in [6, 6.07) is 17.9. The Balaban J connectivity index is 1.55. The van der Waals surface area contributed by atoms with Crippen molar-refractivity contribution in [3.8, 4) is 5.75 Å². The van der Waals surface area contributed by atoms with Crippen LogP contribution in [0.3, 0.4) is 0 Å². The van der Waals surface area contributed by atoms with Gasteiger partial charge in [0, 0.05) is 49.6 Å². The Labute approximate surface area is 194 Å². The third-order valence-corrected chi connectivity index (χ3v) is 5.39. The molecule has 0 saturated heterocycles. The summed E-state index contributed by atoms with van der Waals surface area (Å²) in [5, 5.41) is 9.66. The van der Waals surface area contributed by atoms with Crippen molar-refractivity contribution in [2.24, 2.45) is 0 Å². The van der Waals surface area contributed by atoms with E-state index in [2.05, 4.69) is 49.9 Å². The van der Waals surface area contributed by atoms with Crippen LogP contribution in [0, 0.1) is 0 Å². The van der Waals surface area contributed by atoms with Crippen LogP contribution in [0.4, 0.5) is 23.0 Å². The van der Waals surface area contributed by atoms with E-state index in [9.17, 15) is 4.79 Å². The fourth-order valence-corrected chi connectivity index (χ4v) is 3.65. The Hall–Kier alpha value is -3.65. The van der Waals surface area contributed by atoms with Crippen LogP contribution in [-0.4, -0.2) is 47.0 Å². The van der Waals surface area contributed by atoms with Crippen molar-refractivity contribution in [3.63, 3.8) is 0 Å². The van der Waals surface area contributed by atoms with Crippen LogP contribution in [0.25, 0.3) is 0 Å². The lowest BCUT2D eigenvalue weighted by molar-refractivity contribution is -0.121. The average molecular weight is 447 g/mol. The summed E-state index contributed by atoms with van der Waals surface area (Å²) in [7, 11) is 0. The Kier molecular flexibility index (Phi) is 7.71. The van der Waals surface area contributed by atoms with Gasteiger partial charge in [0.2, 0.25) is 5.91 Å². The molecule has 0 spiro atoms. The van der Waals surface area contributed by atoms with E-state index in [1.165, 1.54) is 11.9 Å². The fraction of sp³-hybridized carbons (Fsp3) is 0.320. The number of carbonyl (C=O) groups is 1. The highest BCUT2D eigenvalue weighted by Crippen LogP contribution is 2.23. The quantitative estimate of drug-likeness (QED) is 0.519. The summed E-state index contributed by atoms with van der Waals surface area (Å²) < 4.78 is 5.85. The first-order chi connectivity index (χ1) is 16.2. The minimum Gasteiger partial charge on any atom is -0.493 e. The molecule has 2 aromatic carbocycles. The van der Waals surface area contributed by atoms with Crippen molar-refractivity contribution >= 4 is 28.9 Å². The van der Waals surface area contributed by atoms with Crippen molar-refractivity contribution in [2.45, 2.75) is 26.3 Å². The van der Waals surface area contributed by atoms with Gasteiger partial charge in [-0.2, -0.15) is 0 Å². The van der Waals surface area contributed by atoms with Crippen LogP contribution >= 0.6 is 0 Å². The summed E-state index contributed by atoms with van der Waals surface area (Å²) in [5.74, 6) is 2.22. The molecule has 6 bridgehead atoms. The van der Waals surface area contributed by atoms with Crippen molar-refractivity contribution in [1.29, 1.82) is 0 Å². The van der Waals surface area contributed by atoms with Crippen LogP contribution in [0.5, 0.6) is 5.75 Å². The number of hydrogen-bond donors (Lipinski definition) is 3. The molecule has 33 heavy (non-hydrogen) atoms. The number of hydrogen-bond acceptors (Lipinski definition) is 7. The number of fused-ring (bicyclic) bond motifs is 6. The maximum atomic E-state index is 12.3. The number of carbonyl (C=O) groups excluding carboxylic acids is 1. The highest BCUT2D eigenvalue weighted by Gasteiger charge is 2.09. The topological polar surface area (TPSA) is 91.4 Å². The Morgan fingerprint density at radius 2 is 1.76 bits per heavy atom. The number of anilines is 4. The third-order valence-electron chi connectivity index (χ3n) is 5.39. The normalized spacial score (nSPS) is 15.7. The number of aromatic nitrogens is 2. The molecule has 1 aliphatic heterocycles. The molecule has 0 aliphatic carbocycles. The van der Waals surface area contributed by atoms with Gasteiger partial charge in [0.15, 0.2) is 0 Å². The van der Waals surface area contributed by atoms with Crippen LogP contribution < -0.4 is 20.7 Å². The van der Waals surface area contributed by atoms with Gasteiger partial charge in [0.1, 0.15) is 23.7 Å². The highest BCUT2D eigenvalue weighted by molar-refractivity contribution is 5.76. The molecule has 1 aliphatic rings. The smallest absolute Gasteiger partial charge is 0.221 e. The molecule has 0 atom stereocenters. The van der Waals surface area contributed by atoms with Crippen LogP contribution in [-0.2, 0) is 11.3 Å². The second-order valence-corrected chi connectivity index (χ2v) is 7.94. The van der Waals surface area contributed by atoms with Crippen LogP contribution in [0.1, 0.15) is 25.3 Å². The Morgan fingerprint density at radius 3 is 2.55 bits per heavy atom. The molecule has 0 radical (unpaired) electrons. The third kappa shape index (κ3) is 6.92. The maximum Gasteiger partial charge on any atom is 0.221 e. The van der Waals surface area contributed by atoms with E-state index >= 15 is 0 Å². The minimum atomic E-state index is 0.0683. The molecular weight excluding hydrogens is 416 g/mol. The molecule has 1 amide bonds. The zero-order valence-corrected chi connectivity index (χ0v) is 18.9. The van der Waals surface area contributed by atoms with Gasteiger partial charge in [-0.05, 0) is 42.8 Å². The lowest BCUT2D eigenvalue weighted by atomic mass is 10.1. The van der Waals surface area contributed by atoms with Gasteiger partial charge in [-0.1, -0.05) is 25.1 Å². The second kappa shape index (κ2) is 11.3. The van der Waals surface area contributed by atoms with E-state index in [4.69, 9.17) is 4.74 Å². The molecular formula is C25H30N6O2. The van der Waals surface area contributed by atoms with Gasteiger partial charge >= 0.3 is 0 Å². The number of amides is 1. The van der Waals surface area contributed by atoms with Crippen molar-refractivity contribution < 1.29 is 9.53 Å². The Bertz CT molecular complexity index is 1070. The average Bonchev–Trinajstić information content (AvgIpc) is 2.82. The lowest BCUT2D eigenvalue weighted by Crippen LogP contribution is -2.31. The van der Waals surface area contributed by atoms with Gasteiger partial charge in [-0.15, -0.1) is 0 Å². The van der Waals surface area contributed by atoms with E-state index in [-0.39, 0.29) is 5.91 Å². The summed E-state index contributed by atoms with van der Waals surface area (Å²) in [4.78, 5) is 23.2. The fourth-order valence-electron chi connectivity index (χ4n) is 3.65. The molecule has 4 rings (SSSR count). The van der Waals surface area contributed by atoms with Gasteiger partial charge < -0.3 is 20.7 Å². The number of nitrogens with zero attached hydrogens (tertiary/aromatic N) is 3. The second-order valence-electron chi connectivity index (χ2n) is 7.94. The predicted octanol–water partition coefficient (Wildman–Crippen LogP) is 4.07.